The average molecular weight is 151 g/mol. The molecule has 1 unspecified atom stereocenters. The van der Waals surface area contributed by atoms with Crippen molar-refractivity contribution < 1.29 is 9.53 Å². The van der Waals surface area contributed by atoms with Crippen LogP contribution in [0.3, 0.4) is 0 Å². The minimum absolute atomic E-state index is 0.0442. The fourth-order valence-electron chi connectivity index (χ4n) is 0.940. The number of hydrogen-bond acceptors (Lipinski definition) is 2. The van der Waals surface area contributed by atoms with E-state index in [1.165, 1.54) is 0 Å². The molecular weight excluding hydrogens is 139 g/mol. The van der Waals surface area contributed by atoms with Gasteiger partial charge in [0.25, 0.3) is 0 Å². The van der Waals surface area contributed by atoms with E-state index in [1.807, 2.05) is 7.28 Å². The minimum Gasteiger partial charge on any atom is -0.496 e. The highest BCUT2D eigenvalue weighted by molar-refractivity contribution is 6.45. The standard InChI is InChI=1S/C8H12BO2/c1-8(2,3)7-9-4-6(5-10)11-7/h4-5,7H,1-3H3. The van der Waals surface area contributed by atoms with Crippen LogP contribution in [0.1, 0.15) is 20.8 Å². The van der Waals surface area contributed by atoms with E-state index in [0.717, 1.165) is 6.29 Å². The van der Waals surface area contributed by atoms with Crippen molar-refractivity contribution in [3.8, 4) is 0 Å². The van der Waals surface area contributed by atoms with Crippen LogP contribution in [0, 0.1) is 5.41 Å². The highest BCUT2D eigenvalue weighted by Gasteiger charge is 2.30. The van der Waals surface area contributed by atoms with Gasteiger partial charge in [0.1, 0.15) is 5.76 Å². The topological polar surface area (TPSA) is 26.3 Å². The van der Waals surface area contributed by atoms with Gasteiger partial charge >= 0.3 is 0 Å². The number of aldehydes is 1. The molecule has 1 atom stereocenters. The van der Waals surface area contributed by atoms with Crippen molar-refractivity contribution in [1.29, 1.82) is 0 Å². The van der Waals surface area contributed by atoms with Gasteiger partial charge in [-0.25, -0.2) is 0 Å². The van der Waals surface area contributed by atoms with Gasteiger partial charge < -0.3 is 4.74 Å². The summed E-state index contributed by atoms with van der Waals surface area (Å²) in [7, 11) is 1.92. The van der Waals surface area contributed by atoms with Crippen molar-refractivity contribution in [3.63, 3.8) is 0 Å². The third-order valence-electron chi connectivity index (χ3n) is 1.67. The van der Waals surface area contributed by atoms with Crippen LogP contribution in [-0.2, 0) is 9.53 Å². The molecule has 0 aromatic rings. The number of allylic oxidation sites excluding steroid dienone is 1. The van der Waals surface area contributed by atoms with Gasteiger partial charge in [-0.15, -0.1) is 0 Å². The molecule has 1 radical (unpaired) electrons. The minimum atomic E-state index is 0.0442. The molecule has 0 N–H and O–H groups in total. The lowest BCUT2D eigenvalue weighted by Gasteiger charge is -2.26. The van der Waals surface area contributed by atoms with Gasteiger partial charge in [0.2, 0.25) is 7.28 Å². The zero-order chi connectivity index (χ0) is 8.48. The molecule has 0 aliphatic carbocycles. The van der Waals surface area contributed by atoms with E-state index < -0.39 is 0 Å². The number of carbonyl (C=O) groups excluding carboxylic acids is 1. The maximum Gasteiger partial charge on any atom is 0.201 e. The molecule has 0 fully saturated rings. The Balaban J connectivity index is 2.54. The summed E-state index contributed by atoms with van der Waals surface area (Å²) in [5, 5.41) is 0. The Labute approximate surface area is 67.9 Å². The maximum absolute atomic E-state index is 10.3. The monoisotopic (exact) mass is 151 g/mol. The molecule has 1 aliphatic heterocycles. The zero-order valence-electron chi connectivity index (χ0n) is 7.13. The van der Waals surface area contributed by atoms with Crippen LogP contribution in [-0.4, -0.2) is 19.6 Å². The summed E-state index contributed by atoms with van der Waals surface area (Å²) in [6.07, 6.45) is 0.738. The SMILES string of the molecule is CC(C)(C)C1[B]C=C(C=O)O1. The van der Waals surface area contributed by atoms with E-state index in [1.54, 1.807) is 5.98 Å². The lowest BCUT2D eigenvalue weighted by Crippen LogP contribution is -2.30. The second-order valence-corrected chi connectivity index (χ2v) is 3.78. The fourth-order valence-corrected chi connectivity index (χ4v) is 0.940. The van der Waals surface area contributed by atoms with Crippen LogP contribution in [0.4, 0.5) is 0 Å². The second kappa shape index (κ2) is 2.72. The molecule has 1 aliphatic rings. The van der Waals surface area contributed by atoms with E-state index in [9.17, 15) is 4.79 Å². The van der Waals surface area contributed by atoms with Crippen LogP contribution in [0.25, 0.3) is 0 Å². The Morgan fingerprint density at radius 2 is 2.27 bits per heavy atom. The Morgan fingerprint density at radius 3 is 2.55 bits per heavy atom. The van der Waals surface area contributed by atoms with Crippen molar-refractivity contribution in [2.45, 2.75) is 26.8 Å². The summed E-state index contributed by atoms with van der Waals surface area (Å²) in [5.74, 6) is 2.16. The Hall–Kier alpha value is -0.725. The van der Waals surface area contributed by atoms with E-state index in [4.69, 9.17) is 4.74 Å². The van der Waals surface area contributed by atoms with Gasteiger partial charge in [-0.1, -0.05) is 26.7 Å². The largest absolute Gasteiger partial charge is 0.496 e. The molecule has 3 heteroatoms. The number of hydrogen-bond donors (Lipinski definition) is 0. The van der Waals surface area contributed by atoms with Gasteiger partial charge in [0, 0.05) is 0 Å². The van der Waals surface area contributed by atoms with E-state index >= 15 is 0 Å². The highest BCUT2D eigenvalue weighted by atomic mass is 16.5. The summed E-state index contributed by atoms with van der Waals surface area (Å²) in [4.78, 5) is 10.3. The smallest absolute Gasteiger partial charge is 0.201 e. The molecule has 0 saturated heterocycles. The molecule has 0 bridgehead atoms. The second-order valence-electron chi connectivity index (χ2n) is 3.78. The first kappa shape index (κ1) is 8.37. The molecule has 0 amide bonds. The van der Waals surface area contributed by atoms with Crippen molar-refractivity contribution in [2.75, 3.05) is 0 Å². The molecule has 11 heavy (non-hydrogen) atoms. The first-order valence-electron chi connectivity index (χ1n) is 3.71. The molecule has 0 aromatic heterocycles. The van der Waals surface area contributed by atoms with Gasteiger partial charge in [0.15, 0.2) is 6.29 Å². The summed E-state index contributed by atoms with van der Waals surface area (Å²) in [6.45, 7) is 6.24. The van der Waals surface area contributed by atoms with E-state index in [0.29, 0.717) is 5.76 Å². The normalized spacial score (nSPS) is 23.5. The Bertz CT molecular complexity index is 191. The fraction of sp³-hybridized carbons (Fsp3) is 0.625. The lowest BCUT2D eigenvalue weighted by molar-refractivity contribution is -0.108. The van der Waals surface area contributed by atoms with Gasteiger partial charge in [-0.2, -0.15) is 0 Å². The summed E-state index contributed by atoms with van der Waals surface area (Å²) in [6, 6.07) is 0.0442. The van der Waals surface area contributed by atoms with Crippen molar-refractivity contribution >= 4 is 13.6 Å². The zero-order valence-corrected chi connectivity index (χ0v) is 7.13. The average Bonchev–Trinajstić information content (AvgIpc) is 2.32. The van der Waals surface area contributed by atoms with E-state index in [-0.39, 0.29) is 11.4 Å². The number of ether oxygens (including phenoxy) is 1. The van der Waals surface area contributed by atoms with Crippen molar-refractivity contribution in [3.05, 3.63) is 11.7 Å². The predicted molar refractivity (Wildman–Crippen MR) is 44.2 cm³/mol. The molecule has 0 spiro atoms. The Kier molecular flexibility index (Phi) is 2.07. The van der Waals surface area contributed by atoms with Gasteiger partial charge in [0.05, 0.1) is 6.00 Å². The van der Waals surface area contributed by atoms with E-state index in [2.05, 4.69) is 20.8 Å². The van der Waals surface area contributed by atoms with Crippen molar-refractivity contribution in [1.82, 2.24) is 0 Å². The molecule has 1 rings (SSSR count). The van der Waals surface area contributed by atoms with Crippen LogP contribution >= 0.6 is 0 Å². The quantitative estimate of drug-likeness (QED) is 0.414. The molecule has 2 nitrogen and oxygen atoms in total. The number of carbonyl (C=O) groups is 1. The molecule has 0 saturated carbocycles. The van der Waals surface area contributed by atoms with Crippen LogP contribution < -0.4 is 0 Å². The summed E-state index contributed by atoms with van der Waals surface area (Å²) in [5.41, 5.74) is 0.0707. The third-order valence-corrected chi connectivity index (χ3v) is 1.67. The molecular formula is C8H12BO2. The first-order valence-corrected chi connectivity index (χ1v) is 3.71. The van der Waals surface area contributed by atoms with Crippen LogP contribution in [0.15, 0.2) is 11.7 Å². The predicted octanol–water partition coefficient (Wildman–Crippen LogP) is 1.13. The Morgan fingerprint density at radius 1 is 1.64 bits per heavy atom. The van der Waals surface area contributed by atoms with Crippen molar-refractivity contribution in [2.24, 2.45) is 5.41 Å². The van der Waals surface area contributed by atoms with Crippen LogP contribution in [0.2, 0.25) is 0 Å². The first-order chi connectivity index (χ1) is 5.04. The maximum atomic E-state index is 10.3. The molecule has 0 aromatic carbocycles. The molecule has 59 valence electrons. The lowest BCUT2D eigenvalue weighted by atomic mass is 9.63. The highest BCUT2D eigenvalue weighted by Crippen LogP contribution is 2.26. The number of rotatable bonds is 1. The van der Waals surface area contributed by atoms with Crippen LogP contribution in [0.5, 0.6) is 0 Å². The molecule has 1 heterocycles. The summed E-state index contributed by atoms with van der Waals surface area (Å²) >= 11 is 0. The summed E-state index contributed by atoms with van der Waals surface area (Å²) < 4.78 is 5.31. The van der Waals surface area contributed by atoms with Gasteiger partial charge in [-0.05, 0) is 5.41 Å². The van der Waals surface area contributed by atoms with Gasteiger partial charge in [-0.3, -0.25) is 4.79 Å². The third kappa shape index (κ3) is 1.85.